The lowest BCUT2D eigenvalue weighted by Crippen LogP contribution is -2.24. The minimum atomic E-state index is -0.659. The van der Waals surface area contributed by atoms with Gasteiger partial charge in [0.05, 0.1) is 5.60 Å². The van der Waals surface area contributed by atoms with E-state index in [4.69, 9.17) is 0 Å². The number of hydrogen-bond donors (Lipinski definition) is 1. The second-order valence-electron chi connectivity index (χ2n) is 4.32. The lowest BCUT2D eigenvalue weighted by molar-refractivity contribution is -0.121. The fraction of sp³-hybridized carbons (Fsp3) is 0.900. The molecule has 0 aromatic carbocycles. The van der Waals surface area contributed by atoms with Crippen LogP contribution >= 0.6 is 0 Å². The van der Waals surface area contributed by atoms with Gasteiger partial charge >= 0.3 is 0 Å². The molecular formula is C10H18O2. The normalized spacial score (nSPS) is 28.7. The van der Waals surface area contributed by atoms with Crippen LogP contribution in [0, 0.1) is 11.8 Å². The molecule has 0 spiro atoms. The van der Waals surface area contributed by atoms with Crippen molar-refractivity contribution in [3.05, 3.63) is 0 Å². The van der Waals surface area contributed by atoms with Gasteiger partial charge in [-0.1, -0.05) is 6.92 Å². The number of rotatable bonds is 4. The summed E-state index contributed by atoms with van der Waals surface area (Å²) in [6.07, 6.45) is 2.49. The minimum absolute atomic E-state index is 0.157. The Labute approximate surface area is 74.0 Å². The van der Waals surface area contributed by atoms with Gasteiger partial charge in [0.25, 0.3) is 0 Å². The third-order valence-electron chi connectivity index (χ3n) is 2.61. The molecule has 1 rings (SSSR count). The first-order valence-electron chi connectivity index (χ1n) is 4.72. The molecule has 70 valence electrons. The summed E-state index contributed by atoms with van der Waals surface area (Å²) in [6, 6.07) is 0. The minimum Gasteiger partial charge on any atom is -0.390 e. The average Bonchev–Trinajstić information content (AvgIpc) is 2.62. The maximum Gasteiger partial charge on any atom is 0.136 e. The van der Waals surface area contributed by atoms with Crippen LogP contribution in [0.25, 0.3) is 0 Å². The van der Waals surface area contributed by atoms with Crippen LogP contribution in [0.4, 0.5) is 0 Å². The summed E-state index contributed by atoms with van der Waals surface area (Å²) >= 11 is 0. The molecule has 0 bridgehead atoms. The van der Waals surface area contributed by atoms with Gasteiger partial charge in [-0.15, -0.1) is 0 Å². The van der Waals surface area contributed by atoms with Gasteiger partial charge in [-0.2, -0.15) is 0 Å². The molecule has 12 heavy (non-hydrogen) atoms. The van der Waals surface area contributed by atoms with Gasteiger partial charge in [0.15, 0.2) is 0 Å². The number of Topliss-reactive ketones (excluding diaryl/α,β-unsaturated/α-hetero) is 1. The second kappa shape index (κ2) is 3.17. The van der Waals surface area contributed by atoms with E-state index in [9.17, 15) is 9.90 Å². The lowest BCUT2D eigenvalue weighted by atomic mass is 9.99. The van der Waals surface area contributed by atoms with Crippen molar-refractivity contribution < 1.29 is 9.90 Å². The van der Waals surface area contributed by atoms with Crippen LogP contribution in [0.1, 0.15) is 40.0 Å². The van der Waals surface area contributed by atoms with Crippen molar-refractivity contribution in [2.24, 2.45) is 11.8 Å². The molecule has 1 saturated carbocycles. The molecule has 0 aromatic heterocycles. The largest absolute Gasteiger partial charge is 0.390 e. The van der Waals surface area contributed by atoms with E-state index in [1.54, 1.807) is 13.8 Å². The molecule has 1 fully saturated rings. The van der Waals surface area contributed by atoms with Crippen molar-refractivity contribution >= 4 is 5.78 Å². The van der Waals surface area contributed by atoms with Crippen LogP contribution in [-0.4, -0.2) is 16.5 Å². The number of aliphatic hydroxyl groups is 1. The molecule has 0 radical (unpaired) electrons. The molecule has 0 unspecified atom stereocenters. The molecule has 2 atom stereocenters. The molecule has 0 amide bonds. The molecule has 2 nitrogen and oxygen atoms in total. The summed E-state index contributed by atoms with van der Waals surface area (Å²) in [6.45, 7) is 5.59. The molecule has 0 heterocycles. The van der Waals surface area contributed by atoms with Gasteiger partial charge in [-0.3, -0.25) is 4.79 Å². The predicted molar refractivity (Wildman–Crippen MR) is 47.8 cm³/mol. The summed E-state index contributed by atoms with van der Waals surface area (Å²) in [4.78, 5) is 11.4. The first-order chi connectivity index (χ1) is 5.46. The molecule has 1 N–H and O–H groups in total. The maximum atomic E-state index is 11.4. The van der Waals surface area contributed by atoms with Crippen LogP contribution < -0.4 is 0 Å². The highest BCUT2D eigenvalue weighted by Gasteiger charge is 2.49. The van der Waals surface area contributed by atoms with E-state index in [2.05, 4.69) is 0 Å². The van der Waals surface area contributed by atoms with Gasteiger partial charge < -0.3 is 5.11 Å². The Bertz CT molecular complexity index is 179. The zero-order chi connectivity index (χ0) is 9.35. The third-order valence-corrected chi connectivity index (χ3v) is 2.61. The van der Waals surface area contributed by atoms with Crippen molar-refractivity contribution in [2.45, 2.75) is 45.6 Å². The molecular weight excluding hydrogens is 152 g/mol. The van der Waals surface area contributed by atoms with Crippen LogP contribution in [-0.2, 0) is 4.79 Å². The van der Waals surface area contributed by atoms with Gasteiger partial charge in [0.2, 0.25) is 0 Å². The van der Waals surface area contributed by atoms with E-state index in [0.29, 0.717) is 12.2 Å². The quantitative estimate of drug-likeness (QED) is 0.698. The number of carbonyl (C=O) groups excluding carboxylic acids is 1. The molecule has 2 heteroatoms. The number of ketones is 1. The van der Waals surface area contributed by atoms with E-state index in [0.717, 1.165) is 12.8 Å². The Hall–Kier alpha value is -0.370. The highest BCUT2D eigenvalue weighted by Crippen LogP contribution is 2.47. The van der Waals surface area contributed by atoms with Crippen molar-refractivity contribution in [2.75, 3.05) is 0 Å². The summed E-state index contributed by atoms with van der Waals surface area (Å²) in [7, 11) is 0. The molecule has 0 aromatic rings. The molecule has 0 aliphatic heterocycles. The van der Waals surface area contributed by atoms with Gasteiger partial charge in [-0.05, 0) is 32.6 Å². The maximum absolute atomic E-state index is 11.4. The van der Waals surface area contributed by atoms with E-state index in [1.807, 2.05) is 6.92 Å². The summed E-state index contributed by atoms with van der Waals surface area (Å²) in [5.74, 6) is 0.714. The summed E-state index contributed by atoms with van der Waals surface area (Å²) < 4.78 is 0. The van der Waals surface area contributed by atoms with Gasteiger partial charge in [-0.25, -0.2) is 0 Å². The predicted octanol–water partition coefficient (Wildman–Crippen LogP) is 1.76. The Morgan fingerprint density at radius 3 is 2.50 bits per heavy atom. The van der Waals surface area contributed by atoms with Crippen molar-refractivity contribution in [1.82, 2.24) is 0 Å². The summed E-state index contributed by atoms with van der Waals surface area (Å²) in [5.41, 5.74) is -0.659. The molecule has 1 aliphatic rings. The van der Waals surface area contributed by atoms with Crippen molar-refractivity contribution in [3.63, 3.8) is 0 Å². The van der Waals surface area contributed by atoms with Crippen molar-refractivity contribution in [3.8, 4) is 0 Å². The highest BCUT2D eigenvalue weighted by molar-refractivity contribution is 5.83. The Morgan fingerprint density at radius 1 is 1.58 bits per heavy atom. The monoisotopic (exact) mass is 170 g/mol. The van der Waals surface area contributed by atoms with E-state index in [-0.39, 0.29) is 11.8 Å². The third kappa shape index (κ3) is 2.07. The molecule has 0 saturated heterocycles. The summed E-state index contributed by atoms with van der Waals surface area (Å²) in [5, 5.41) is 9.59. The van der Waals surface area contributed by atoms with Gasteiger partial charge in [0.1, 0.15) is 5.78 Å². The smallest absolute Gasteiger partial charge is 0.136 e. The topological polar surface area (TPSA) is 37.3 Å². The fourth-order valence-corrected chi connectivity index (χ4v) is 1.76. The van der Waals surface area contributed by atoms with E-state index >= 15 is 0 Å². The van der Waals surface area contributed by atoms with Crippen LogP contribution in [0.5, 0.6) is 0 Å². The van der Waals surface area contributed by atoms with Crippen LogP contribution in [0.2, 0.25) is 0 Å². The first kappa shape index (κ1) is 9.72. The first-order valence-corrected chi connectivity index (χ1v) is 4.72. The Balaban J connectivity index is 2.37. The van der Waals surface area contributed by atoms with Crippen LogP contribution in [0.15, 0.2) is 0 Å². The lowest BCUT2D eigenvalue weighted by Gasteiger charge is -2.16. The average molecular weight is 170 g/mol. The van der Waals surface area contributed by atoms with E-state index in [1.165, 1.54) is 0 Å². The van der Waals surface area contributed by atoms with Crippen LogP contribution in [0.3, 0.4) is 0 Å². The number of carbonyl (C=O) groups is 1. The zero-order valence-electron chi connectivity index (χ0n) is 8.13. The fourth-order valence-electron chi connectivity index (χ4n) is 1.76. The molecule has 1 aliphatic carbocycles. The van der Waals surface area contributed by atoms with Crippen molar-refractivity contribution in [1.29, 1.82) is 0 Å². The zero-order valence-corrected chi connectivity index (χ0v) is 8.13. The van der Waals surface area contributed by atoms with Gasteiger partial charge in [0, 0.05) is 12.3 Å². The Morgan fingerprint density at radius 2 is 2.17 bits per heavy atom. The number of hydrogen-bond acceptors (Lipinski definition) is 2. The highest BCUT2D eigenvalue weighted by atomic mass is 16.3. The van der Waals surface area contributed by atoms with E-state index < -0.39 is 5.60 Å². The second-order valence-corrected chi connectivity index (χ2v) is 4.32. The SMILES string of the molecule is CCCC(=O)[C@H]1C[C@@H]1C(C)(C)O. The Kier molecular flexibility index (Phi) is 2.57. The standard InChI is InChI=1S/C10H18O2/c1-4-5-9(11)7-6-8(7)10(2,3)12/h7-8,12H,4-6H2,1-3H3/t7-,8-/m0/s1.